The van der Waals surface area contributed by atoms with Crippen molar-refractivity contribution in [2.24, 2.45) is 0 Å². The highest BCUT2D eigenvalue weighted by atomic mass is 35.5. The Bertz CT molecular complexity index is 636. The van der Waals surface area contributed by atoms with Crippen LogP contribution in [0.5, 0.6) is 0 Å². The minimum Gasteiger partial charge on any atom is -0.444 e. The number of nitrogens with one attached hydrogen (secondary N) is 1. The van der Waals surface area contributed by atoms with E-state index >= 15 is 0 Å². The number of ether oxygens (including phenoxy) is 1. The van der Waals surface area contributed by atoms with Gasteiger partial charge < -0.3 is 10.1 Å². The molecule has 1 atom stereocenters. The molecule has 1 aliphatic carbocycles. The molecule has 24 heavy (non-hydrogen) atoms. The van der Waals surface area contributed by atoms with Crippen molar-refractivity contribution in [1.82, 2.24) is 10.2 Å². The van der Waals surface area contributed by atoms with E-state index in [0.29, 0.717) is 10.6 Å². The van der Waals surface area contributed by atoms with E-state index in [2.05, 4.69) is 5.32 Å². The van der Waals surface area contributed by atoms with Crippen molar-refractivity contribution in [3.8, 4) is 0 Å². The van der Waals surface area contributed by atoms with E-state index in [4.69, 9.17) is 16.3 Å². The molecule has 0 bridgehead atoms. The van der Waals surface area contributed by atoms with Gasteiger partial charge in [-0.15, -0.1) is 0 Å². The number of halogens is 1. The first-order valence-electron chi connectivity index (χ1n) is 8.17. The summed E-state index contributed by atoms with van der Waals surface area (Å²) in [5, 5.41) is 3.13. The van der Waals surface area contributed by atoms with Crippen LogP contribution in [0.4, 0.5) is 4.79 Å². The maximum atomic E-state index is 12.6. The molecule has 0 radical (unpaired) electrons. The molecule has 1 aromatic rings. The molecule has 1 unspecified atom stereocenters. The Morgan fingerprint density at radius 1 is 1.33 bits per heavy atom. The fourth-order valence-electron chi connectivity index (χ4n) is 2.59. The quantitative estimate of drug-likeness (QED) is 0.885. The molecule has 2 amide bonds. The summed E-state index contributed by atoms with van der Waals surface area (Å²) in [7, 11) is 1.58. The molecular formula is C18H25ClN2O3. The van der Waals surface area contributed by atoms with Crippen LogP contribution in [-0.4, -0.2) is 35.6 Å². The van der Waals surface area contributed by atoms with E-state index in [9.17, 15) is 9.59 Å². The Balaban J connectivity index is 2.31. The first-order chi connectivity index (χ1) is 11.1. The Labute approximate surface area is 148 Å². The van der Waals surface area contributed by atoms with E-state index in [1.165, 1.54) is 0 Å². The normalized spacial score (nSPS) is 15.6. The van der Waals surface area contributed by atoms with Crippen LogP contribution in [0.1, 0.15) is 62.5 Å². The number of carbonyl (C=O) groups excluding carboxylic acids is 2. The highest BCUT2D eigenvalue weighted by Crippen LogP contribution is 2.38. The summed E-state index contributed by atoms with van der Waals surface area (Å²) >= 11 is 6.34. The Kier molecular flexibility index (Phi) is 5.43. The van der Waals surface area contributed by atoms with Crippen LogP contribution in [0.2, 0.25) is 5.02 Å². The van der Waals surface area contributed by atoms with Crippen molar-refractivity contribution in [1.29, 1.82) is 0 Å². The van der Waals surface area contributed by atoms with Gasteiger partial charge in [-0.2, -0.15) is 0 Å². The zero-order valence-electron chi connectivity index (χ0n) is 14.9. The summed E-state index contributed by atoms with van der Waals surface area (Å²) in [5.74, 6) is -0.185. The van der Waals surface area contributed by atoms with E-state index in [1.54, 1.807) is 30.1 Å². The molecule has 1 fully saturated rings. The molecule has 1 aliphatic rings. The monoisotopic (exact) mass is 352 g/mol. The van der Waals surface area contributed by atoms with E-state index in [0.717, 1.165) is 18.4 Å². The van der Waals surface area contributed by atoms with Gasteiger partial charge in [-0.05, 0) is 64.3 Å². The Hall–Kier alpha value is -1.75. The lowest BCUT2D eigenvalue weighted by atomic mass is 10.0. The van der Waals surface area contributed by atoms with E-state index in [-0.39, 0.29) is 24.1 Å². The summed E-state index contributed by atoms with van der Waals surface area (Å²) in [5.41, 5.74) is 0.705. The average molecular weight is 353 g/mol. The number of rotatable bonds is 4. The average Bonchev–Trinajstić information content (AvgIpc) is 3.29. The van der Waals surface area contributed by atoms with Gasteiger partial charge in [-0.3, -0.25) is 9.69 Å². The van der Waals surface area contributed by atoms with Crippen molar-refractivity contribution < 1.29 is 14.3 Å². The number of carbonyl (C=O) groups is 2. The van der Waals surface area contributed by atoms with Gasteiger partial charge in [-0.25, -0.2) is 4.79 Å². The number of amides is 2. The predicted molar refractivity (Wildman–Crippen MR) is 94.4 cm³/mol. The fourth-order valence-corrected chi connectivity index (χ4v) is 2.87. The molecule has 0 aromatic heterocycles. The summed E-state index contributed by atoms with van der Waals surface area (Å²) in [6.45, 7) is 7.45. The first-order valence-corrected chi connectivity index (χ1v) is 8.54. The maximum Gasteiger partial charge on any atom is 0.411 e. The minimum absolute atomic E-state index is 0.162. The maximum absolute atomic E-state index is 12.6. The largest absolute Gasteiger partial charge is 0.444 e. The fraction of sp³-hybridized carbons (Fsp3) is 0.556. The SMILES string of the molecule is CNC(=O)c1ccc(Cl)c(C(C)N(C(=O)OC(C)(C)C)C2CC2)c1. The van der Waals surface area contributed by atoms with Gasteiger partial charge >= 0.3 is 6.09 Å². The van der Waals surface area contributed by atoms with Crippen LogP contribution in [0.25, 0.3) is 0 Å². The van der Waals surface area contributed by atoms with Gasteiger partial charge in [0.25, 0.3) is 5.91 Å². The second-order valence-electron chi connectivity index (χ2n) is 7.11. The lowest BCUT2D eigenvalue weighted by Gasteiger charge is -2.32. The topological polar surface area (TPSA) is 58.6 Å². The molecule has 1 aromatic carbocycles. The number of benzene rings is 1. The molecule has 1 saturated carbocycles. The molecule has 0 spiro atoms. The highest BCUT2D eigenvalue weighted by Gasteiger charge is 2.39. The molecule has 0 saturated heterocycles. The predicted octanol–water partition coefficient (Wildman–Crippen LogP) is 4.16. The van der Waals surface area contributed by atoms with Crippen molar-refractivity contribution >= 4 is 23.6 Å². The van der Waals surface area contributed by atoms with Crippen LogP contribution in [0.15, 0.2) is 18.2 Å². The molecule has 2 rings (SSSR count). The summed E-state index contributed by atoms with van der Waals surface area (Å²) in [6, 6.07) is 5.00. The Morgan fingerprint density at radius 2 is 1.96 bits per heavy atom. The summed E-state index contributed by atoms with van der Waals surface area (Å²) < 4.78 is 5.55. The van der Waals surface area contributed by atoms with Gasteiger partial charge in [0.1, 0.15) is 5.60 Å². The molecule has 132 valence electrons. The van der Waals surface area contributed by atoms with Gasteiger partial charge in [0.2, 0.25) is 0 Å². The molecule has 6 heteroatoms. The van der Waals surface area contributed by atoms with Gasteiger partial charge in [-0.1, -0.05) is 11.6 Å². The van der Waals surface area contributed by atoms with Crippen LogP contribution in [-0.2, 0) is 4.74 Å². The van der Waals surface area contributed by atoms with Crippen molar-refractivity contribution in [3.05, 3.63) is 34.3 Å². The third-order valence-electron chi connectivity index (χ3n) is 3.90. The summed E-state index contributed by atoms with van der Waals surface area (Å²) in [6.07, 6.45) is 1.56. The molecule has 0 aliphatic heterocycles. The van der Waals surface area contributed by atoms with Crippen LogP contribution < -0.4 is 5.32 Å². The van der Waals surface area contributed by atoms with Gasteiger partial charge in [0.05, 0.1) is 6.04 Å². The van der Waals surface area contributed by atoms with Gasteiger partial charge in [0, 0.05) is 23.7 Å². The number of hydrogen-bond donors (Lipinski definition) is 1. The molecule has 0 heterocycles. The lowest BCUT2D eigenvalue weighted by molar-refractivity contribution is 0.0153. The second-order valence-corrected chi connectivity index (χ2v) is 7.52. The van der Waals surface area contributed by atoms with Crippen LogP contribution in [0.3, 0.4) is 0 Å². The van der Waals surface area contributed by atoms with E-state index < -0.39 is 5.60 Å². The standard InChI is InChI=1S/C18H25ClN2O3/c1-11(14-10-12(16(22)20-5)6-9-15(14)19)21(13-7-8-13)17(23)24-18(2,3)4/h6,9-11,13H,7-8H2,1-5H3,(H,20,22). The van der Waals surface area contributed by atoms with Crippen LogP contribution in [0, 0.1) is 0 Å². The highest BCUT2D eigenvalue weighted by molar-refractivity contribution is 6.31. The zero-order valence-corrected chi connectivity index (χ0v) is 15.6. The van der Waals surface area contributed by atoms with Crippen LogP contribution >= 0.6 is 11.6 Å². The van der Waals surface area contributed by atoms with Crippen molar-refractivity contribution in [3.63, 3.8) is 0 Å². The third kappa shape index (κ3) is 4.41. The third-order valence-corrected chi connectivity index (χ3v) is 4.24. The first kappa shape index (κ1) is 18.6. The van der Waals surface area contributed by atoms with Crippen molar-refractivity contribution in [2.45, 2.75) is 58.2 Å². The zero-order chi connectivity index (χ0) is 18.1. The van der Waals surface area contributed by atoms with E-state index in [1.807, 2.05) is 27.7 Å². The number of nitrogens with zero attached hydrogens (tertiary/aromatic N) is 1. The molecular weight excluding hydrogens is 328 g/mol. The van der Waals surface area contributed by atoms with Gasteiger partial charge in [0.15, 0.2) is 0 Å². The minimum atomic E-state index is -0.558. The lowest BCUT2D eigenvalue weighted by Crippen LogP contribution is -2.40. The second kappa shape index (κ2) is 7.01. The molecule has 1 N–H and O–H groups in total. The molecule has 5 nitrogen and oxygen atoms in total. The Morgan fingerprint density at radius 3 is 2.46 bits per heavy atom. The summed E-state index contributed by atoms with van der Waals surface area (Å²) in [4.78, 5) is 26.2. The number of hydrogen-bond acceptors (Lipinski definition) is 3. The smallest absolute Gasteiger partial charge is 0.411 e. The van der Waals surface area contributed by atoms with Crippen molar-refractivity contribution in [2.75, 3.05) is 7.05 Å².